The summed E-state index contributed by atoms with van der Waals surface area (Å²) in [4.78, 5) is 53.1. The van der Waals surface area contributed by atoms with Crippen molar-refractivity contribution in [3.8, 4) is 17.2 Å². The van der Waals surface area contributed by atoms with Crippen molar-refractivity contribution in [3.05, 3.63) is 113 Å². The summed E-state index contributed by atoms with van der Waals surface area (Å²) >= 11 is 6.13. The van der Waals surface area contributed by atoms with Gasteiger partial charge in [0.1, 0.15) is 6.04 Å². The minimum atomic E-state index is -0.970. The predicted molar refractivity (Wildman–Crippen MR) is 193 cm³/mol. The summed E-state index contributed by atoms with van der Waals surface area (Å²) in [6.45, 7) is 2.63. The van der Waals surface area contributed by atoms with E-state index in [1.54, 1.807) is 36.5 Å². The molecule has 0 radical (unpaired) electrons. The third kappa shape index (κ3) is 9.59. The maximum Gasteiger partial charge on any atom is 0.295 e. The van der Waals surface area contributed by atoms with Gasteiger partial charge in [0.25, 0.3) is 11.7 Å². The number of amides is 2. The van der Waals surface area contributed by atoms with Crippen LogP contribution >= 0.6 is 11.6 Å². The normalized spacial score (nSPS) is 12.7. The molecule has 10 nitrogen and oxygen atoms in total. The molecule has 2 aromatic heterocycles. The van der Waals surface area contributed by atoms with Crippen molar-refractivity contribution in [3.63, 3.8) is 0 Å². The zero-order chi connectivity index (χ0) is 36.2. The molecule has 0 spiro atoms. The largest absolute Gasteiger partial charge is 0.493 e. The molecular weight excluding hydrogens is 656 g/mol. The number of carbonyl (C=O) groups is 3. The highest BCUT2D eigenvalue weighted by molar-refractivity contribution is 6.43. The highest BCUT2D eigenvalue weighted by atomic mass is 35.5. The molecule has 4 rings (SSSR count). The van der Waals surface area contributed by atoms with Gasteiger partial charge in [-0.2, -0.15) is 0 Å². The number of hydrogen-bond acceptors (Lipinski definition) is 8. The van der Waals surface area contributed by atoms with Crippen LogP contribution in [0, 0.1) is 0 Å². The molecule has 0 aliphatic rings. The Kier molecular flexibility index (Phi) is 13.7. The maximum atomic E-state index is 14.2. The van der Waals surface area contributed by atoms with Gasteiger partial charge in [0.2, 0.25) is 11.7 Å². The second-order valence-corrected chi connectivity index (χ2v) is 12.7. The van der Waals surface area contributed by atoms with Crippen LogP contribution in [-0.4, -0.2) is 85.4 Å². The number of aromatic nitrogens is 2. The van der Waals surface area contributed by atoms with Crippen LogP contribution in [-0.2, 0) is 16.0 Å². The Bertz CT molecular complexity index is 1700. The van der Waals surface area contributed by atoms with Crippen molar-refractivity contribution in [2.45, 2.75) is 50.5 Å². The van der Waals surface area contributed by atoms with E-state index in [1.807, 2.05) is 36.7 Å². The molecule has 50 heavy (non-hydrogen) atoms. The first-order valence-corrected chi connectivity index (χ1v) is 16.9. The predicted octanol–water partition coefficient (Wildman–Crippen LogP) is 6.62. The molecule has 2 unspecified atom stereocenters. The van der Waals surface area contributed by atoms with Crippen LogP contribution < -0.4 is 14.2 Å². The number of rotatable bonds is 17. The lowest BCUT2D eigenvalue weighted by Crippen LogP contribution is -2.51. The lowest BCUT2D eigenvalue weighted by molar-refractivity contribution is -0.141. The number of halogens is 1. The molecule has 0 aliphatic heterocycles. The number of pyridine rings is 2. The van der Waals surface area contributed by atoms with Gasteiger partial charge in [-0.15, -0.1) is 0 Å². The number of carbonyl (C=O) groups excluding carboxylic acids is 3. The molecule has 3 atom stereocenters. The summed E-state index contributed by atoms with van der Waals surface area (Å²) in [5, 5.41) is 0.551. The zero-order valence-corrected chi connectivity index (χ0v) is 30.2. The number of likely N-dealkylation sites (N-methyl/N-ethyl adjacent to an activating group) is 2. The summed E-state index contributed by atoms with van der Waals surface area (Å²) in [6.07, 6.45) is 10.00. The van der Waals surface area contributed by atoms with Crippen LogP contribution in [0.1, 0.15) is 65.1 Å². The van der Waals surface area contributed by atoms with Gasteiger partial charge in [-0.3, -0.25) is 24.4 Å². The monoisotopic (exact) mass is 700 g/mol. The molecule has 264 valence electrons. The number of benzene rings is 2. The number of ether oxygens (including phenoxy) is 3. The van der Waals surface area contributed by atoms with Gasteiger partial charge in [0, 0.05) is 62.4 Å². The molecule has 11 heteroatoms. The number of hydrogen-bond donors (Lipinski definition) is 0. The van der Waals surface area contributed by atoms with Crippen LogP contribution in [0.15, 0.2) is 85.5 Å². The van der Waals surface area contributed by atoms with E-state index < -0.39 is 17.7 Å². The number of Topliss-reactive ketones (excluding diaryl/α,β-unsaturated/α-hetero) is 1. The van der Waals surface area contributed by atoms with Crippen molar-refractivity contribution in [2.75, 3.05) is 42.0 Å². The van der Waals surface area contributed by atoms with Crippen molar-refractivity contribution in [1.29, 1.82) is 0 Å². The van der Waals surface area contributed by atoms with E-state index in [1.165, 1.54) is 51.0 Å². The first-order valence-electron chi connectivity index (χ1n) is 16.5. The fraction of sp³-hybridized carbons (Fsp3) is 0.359. The summed E-state index contributed by atoms with van der Waals surface area (Å²) in [5.41, 5.74) is 3.12. The Hall–Kier alpha value is -4.96. The Balaban J connectivity index is 1.55. The summed E-state index contributed by atoms with van der Waals surface area (Å²) < 4.78 is 16.1. The van der Waals surface area contributed by atoms with E-state index in [-0.39, 0.29) is 35.3 Å². The Morgan fingerprint density at radius 3 is 1.94 bits per heavy atom. The summed E-state index contributed by atoms with van der Waals surface area (Å²) in [7, 11) is 7.51. The third-order valence-corrected chi connectivity index (χ3v) is 9.33. The second-order valence-electron chi connectivity index (χ2n) is 12.3. The smallest absolute Gasteiger partial charge is 0.295 e. The van der Waals surface area contributed by atoms with Crippen LogP contribution in [0.4, 0.5) is 0 Å². The first kappa shape index (κ1) is 37.9. The molecule has 0 aliphatic carbocycles. The van der Waals surface area contributed by atoms with E-state index in [0.717, 1.165) is 24.0 Å². The molecule has 0 fully saturated rings. The van der Waals surface area contributed by atoms with Crippen molar-refractivity contribution < 1.29 is 28.6 Å². The molecule has 2 heterocycles. The van der Waals surface area contributed by atoms with Crippen molar-refractivity contribution in [2.24, 2.45) is 0 Å². The lowest BCUT2D eigenvalue weighted by Gasteiger charge is -2.31. The molecule has 0 N–H and O–H groups in total. The fourth-order valence-corrected chi connectivity index (χ4v) is 6.09. The van der Waals surface area contributed by atoms with Gasteiger partial charge in [-0.05, 0) is 84.2 Å². The van der Waals surface area contributed by atoms with E-state index in [9.17, 15) is 14.4 Å². The SMILES string of the molecule is COc1cc(C(=O)C(=O)N(C)[C@@H](Cc2ccc(Cl)cc2)C(=O)N(C)CCC(CCC(C)c2cccnc2)c2cccnc2)cc(OC)c1OC. The molecule has 0 bridgehead atoms. The van der Waals surface area contributed by atoms with Crippen LogP contribution in [0.5, 0.6) is 17.2 Å². The molecule has 2 amide bonds. The minimum absolute atomic E-state index is 0.0437. The summed E-state index contributed by atoms with van der Waals surface area (Å²) in [6, 6.07) is 17.0. The van der Waals surface area contributed by atoms with Crippen LogP contribution in [0.2, 0.25) is 5.02 Å². The van der Waals surface area contributed by atoms with E-state index in [2.05, 4.69) is 29.0 Å². The molecule has 4 aromatic rings. The molecule has 0 saturated carbocycles. The van der Waals surface area contributed by atoms with E-state index in [0.29, 0.717) is 29.7 Å². The Morgan fingerprint density at radius 1 is 0.800 bits per heavy atom. The standard InChI is InChI=1S/C39H45ClN4O6/c1-26(29-9-7-18-41-24-29)11-14-28(30-10-8-19-42-25-30)17-20-43(2)38(46)33(21-27-12-15-32(40)16-13-27)44(3)39(47)36(45)31-22-34(48-4)37(50-6)35(23-31)49-5/h7-10,12-13,15-16,18-19,22-26,28,33H,11,14,17,20-21H2,1-6H3/t26?,28?,33-/m0/s1. The first-order chi connectivity index (χ1) is 24.1. The highest BCUT2D eigenvalue weighted by Crippen LogP contribution is 2.38. The Morgan fingerprint density at radius 2 is 1.40 bits per heavy atom. The number of nitrogens with zero attached hydrogens (tertiary/aromatic N) is 4. The highest BCUT2D eigenvalue weighted by Gasteiger charge is 2.34. The van der Waals surface area contributed by atoms with Gasteiger partial charge in [0.15, 0.2) is 11.5 Å². The van der Waals surface area contributed by atoms with Crippen molar-refractivity contribution in [1.82, 2.24) is 19.8 Å². The number of ketones is 1. The lowest BCUT2D eigenvalue weighted by atomic mass is 9.87. The summed E-state index contributed by atoms with van der Waals surface area (Å²) in [5.74, 6) is -0.736. The topological polar surface area (TPSA) is 111 Å². The fourth-order valence-electron chi connectivity index (χ4n) is 5.97. The van der Waals surface area contributed by atoms with Gasteiger partial charge in [-0.1, -0.05) is 42.8 Å². The molecular formula is C39H45ClN4O6. The molecule has 2 aromatic carbocycles. The van der Waals surface area contributed by atoms with Crippen LogP contribution in [0.3, 0.4) is 0 Å². The van der Waals surface area contributed by atoms with Gasteiger partial charge < -0.3 is 24.0 Å². The zero-order valence-electron chi connectivity index (χ0n) is 29.5. The van der Waals surface area contributed by atoms with Crippen LogP contribution in [0.25, 0.3) is 0 Å². The second kappa shape index (κ2) is 18.2. The average Bonchev–Trinajstić information content (AvgIpc) is 3.16. The van der Waals surface area contributed by atoms with E-state index >= 15 is 0 Å². The van der Waals surface area contributed by atoms with Gasteiger partial charge in [0.05, 0.1) is 21.3 Å². The van der Waals surface area contributed by atoms with E-state index in [4.69, 9.17) is 25.8 Å². The van der Waals surface area contributed by atoms with Crippen molar-refractivity contribution >= 4 is 29.2 Å². The minimum Gasteiger partial charge on any atom is -0.493 e. The number of methoxy groups -OCH3 is 3. The van der Waals surface area contributed by atoms with Gasteiger partial charge in [-0.25, -0.2) is 0 Å². The Labute approximate surface area is 299 Å². The molecule has 0 saturated heterocycles. The average molecular weight is 701 g/mol. The van der Waals surface area contributed by atoms with Gasteiger partial charge >= 0.3 is 0 Å². The third-order valence-electron chi connectivity index (χ3n) is 9.08. The maximum absolute atomic E-state index is 14.2. The quantitative estimate of drug-likeness (QED) is 0.0893.